The van der Waals surface area contributed by atoms with Crippen molar-refractivity contribution in [3.8, 4) is 130 Å². The third-order valence-corrected chi connectivity index (χ3v) is 25.1. The Morgan fingerprint density at radius 2 is 0.515 bits per heavy atom. The van der Waals surface area contributed by atoms with Crippen molar-refractivity contribution in [1.82, 2.24) is 39.5 Å². The molecule has 10 nitrogen and oxygen atoms in total. The topological polar surface area (TPSA) is 102 Å². The zero-order valence-corrected chi connectivity index (χ0v) is 76.7. The molecule has 1 aliphatic carbocycles. The number of rotatable bonds is 17. The maximum Gasteiger partial charge on any atom is 0.238 e. The highest BCUT2D eigenvalue weighted by Gasteiger charge is 2.36. The minimum atomic E-state index is -0.0297. The van der Waals surface area contributed by atoms with Crippen LogP contribution in [0.15, 0.2) is 485 Å². The van der Waals surface area contributed by atoms with Gasteiger partial charge in [-0.1, -0.05) is 413 Å². The van der Waals surface area contributed by atoms with E-state index in [0.29, 0.717) is 35.1 Å². The van der Waals surface area contributed by atoms with Crippen molar-refractivity contribution in [3.05, 3.63) is 519 Å². The van der Waals surface area contributed by atoms with Crippen LogP contribution in [-0.2, 0) is 5.41 Å². The Morgan fingerprint density at radius 3 is 0.949 bits per heavy atom. The first-order chi connectivity index (χ1) is 66.8. The predicted molar refractivity (Wildman–Crippen MR) is 565 cm³/mol. The Balaban J connectivity index is 0.000000113. The van der Waals surface area contributed by atoms with E-state index in [9.17, 15) is 0 Å². The van der Waals surface area contributed by atoms with E-state index in [1.165, 1.54) is 99.9 Å². The highest BCUT2D eigenvalue weighted by Crippen LogP contribution is 2.51. The van der Waals surface area contributed by atoms with Gasteiger partial charge in [-0.3, -0.25) is 9.55 Å². The molecule has 0 spiro atoms. The summed E-state index contributed by atoms with van der Waals surface area (Å²) in [6.07, 6.45) is 1.90. The second-order valence-corrected chi connectivity index (χ2v) is 34.8. The number of pyridine rings is 1. The predicted octanol–water partition coefficient (Wildman–Crippen LogP) is 32.8. The molecule has 0 bridgehead atoms. The normalized spacial score (nSPS) is 11.5. The van der Waals surface area contributed by atoms with Gasteiger partial charge in [0.05, 0.1) is 11.0 Å². The molecule has 10 heteroatoms. The fourth-order valence-corrected chi connectivity index (χ4v) is 17.9. The number of para-hydroxylation sites is 1. The van der Waals surface area contributed by atoms with Gasteiger partial charge in [-0.2, -0.15) is 9.97 Å². The summed E-state index contributed by atoms with van der Waals surface area (Å²) in [7, 11) is 0. The van der Waals surface area contributed by atoms with E-state index in [1.807, 2.05) is 153 Å². The van der Waals surface area contributed by atoms with Crippen LogP contribution in [0.1, 0.15) is 47.4 Å². The van der Waals surface area contributed by atoms with Crippen LogP contribution in [0, 0.1) is 27.7 Å². The smallest absolute Gasteiger partial charge is 0.238 e. The SMILES string of the molecule is Cc1ccc(-c2ccc(-c3nc(-c4ccccc4)nc(-c4ccccc4)n3)cc2)cn1.Cc1ccc(N(c2ccc(-c3ccccc3)cc2)c2ccc(-c3ccccc3)cc2)cc1.Cc1ccc(N(c2ccc(-c3ccccc3)cc2)c2ccc3c(c2)C(C)(C)c2ccccc2-3)cc1.Cc1cccc(-c2ccc3c(c2)c2ccccc2n3-c2nc(-c3ccccc3)nc(-c3ccccc3)n2)c1. The minimum Gasteiger partial charge on any atom is -0.311 e. The van der Waals surface area contributed by atoms with Crippen LogP contribution in [0.4, 0.5) is 34.1 Å². The molecule has 4 aromatic heterocycles. The van der Waals surface area contributed by atoms with Crippen LogP contribution < -0.4 is 9.80 Å². The standard InChI is InChI=1S/C34H24N4.C34H29N.C31H25N.C27H20N4/c1-23-11-10-16-26(21-23)27-19-20-31-29(22-27)28-17-8-9-18-30(28)38(31)34-36-32(24-12-4-2-5-13-24)35-33(37-34)25-14-6-3-7-15-25;1-24-13-17-27(18-14-24)35(28-19-15-26(16-20-28)25-9-5-4-6-10-25)29-21-22-31-30-11-7-8-12-32(30)34(2,3)33(31)23-29;1-24-12-18-29(19-13-24)32(30-20-14-27(15-21-30)25-8-4-2-5-9-25)31-22-16-28(17-23-31)26-10-6-3-7-11-26;1-19-12-13-24(18-28-19)20-14-16-23(17-15-20)27-30-25(21-8-4-2-5-9-21)29-26(31-27)22-10-6-3-7-11-22/h2-22H,1H3;4-23H,1-3H3;2-23H,1H3;2-18H,1H3. The van der Waals surface area contributed by atoms with E-state index in [4.69, 9.17) is 29.9 Å². The Labute approximate surface area is 795 Å². The largest absolute Gasteiger partial charge is 0.311 e. The van der Waals surface area contributed by atoms with Crippen molar-refractivity contribution < 1.29 is 0 Å². The molecule has 18 aromatic carbocycles. The van der Waals surface area contributed by atoms with Gasteiger partial charge in [0.15, 0.2) is 29.1 Å². The maximum atomic E-state index is 5.00. The Bertz CT molecular complexity index is 7670. The van der Waals surface area contributed by atoms with E-state index < -0.39 is 0 Å². The van der Waals surface area contributed by atoms with Crippen LogP contribution in [-0.4, -0.2) is 39.5 Å². The first-order valence-electron chi connectivity index (χ1n) is 46.1. The second kappa shape index (κ2) is 39.3. The molecular weight excluding hydrogens is 1650 g/mol. The van der Waals surface area contributed by atoms with Gasteiger partial charge in [-0.05, 0) is 197 Å². The van der Waals surface area contributed by atoms with Crippen LogP contribution in [0.3, 0.4) is 0 Å². The average molecular weight is 1750 g/mol. The molecule has 4 heterocycles. The van der Waals surface area contributed by atoms with Crippen molar-refractivity contribution in [2.75, 3.05) is 9.80 Å². The molecule has 0 unspecified atom stereocenters. The molecule has 0 N–H and O–H groups in total. The van der Waals surface area contributed by atoms with Crippen molar-refractivity contribution in [1.29, 1.82) is 0 Å². The van der Waals surface area contributed by atoms with Gasteiger partial charge >= 0.3 is 0 Å². The molecule has 22 aromatic rings. The van der Waals surface area contributed by atoms with Crippen LogP contribution in [0.2, 0.25) is 0 Å². The van der Waals surface area contributed by atoms with E-state index in [1.54, 1.807) is 0 Å². The van der Waals surface area contributed by atoms with Crippen LogP contribution in [0.25, 0.3) is 151 Å². The lowest BCUT2D eigenvalue weighted by Crippen LogP contribution is -2.16. The summed E-state index contributed by atoms with van der Waals surface area (Å²) in [5.74, 6) is 3.88. The van der Waals surface area contributed by atoms with Gasteiger partial charge in [0, 0.05) is 95.6 Å². The zero-order valence-electron chi connectivity index (χ0n) is 76.7. The monoisotopic (exact) mass is 1750 g/mol. The summed E-state index contributed by atoms with van der Waals surface area (Å²) in [6.45, 7) is 13.1. The number of aryl methyl sites for hydroxylation is 4. The van der Waals surface area contributed by atoms with Gasteiger partial charge < -0.3 is 9.80 Å². The summed E-state index contributed by atoms with van der Waals surface area (Å²) in [6, 6.07) is 168. The van der Waals surface area contributed by atoms with Gasteiger partial charge in [-0.15, -0.1) is 0 Å². The zero-order chi connectivity index (χ0) is 92.3. The molecule has 1 aliphatic rings. The van der Waals surface area contributed by atoms with E-state index in [2.05, 4.69) is 394 Å². The third-order valence-electron chi connectivity index (χ3n) is 25.1. The highest BCUT2D eigenvalue weighted by molar-refractivity contribution is 6.10. The fraction of sp³-hybridized carbons (Fsp3) is 0.0556. The van der Waals surface area contributed by atoms with Crippen LogP contribution >= 0.6 is 0 Å². The van der Waals surface area contributed by atoms with Crippen LogP contribution in [0.5, 0.6) is 0 Å². The molecule has 652 valence electrons. The highest BCUT2D eigenvalue weighted by atomic mass is 15.2. The third kappa shape index (κ3) is 18.9. The van der Waals surface area contributed by atoms with E-state index in [-0.39, 0.29) is 5.41 Å². The molecule has 0 radical (unpaired) electrons. The molecule has 0 atom stereocenters. The van der Waals surface area contributed by atoms with Gasteiger partial charge in [0.1, 0.15) is 0 Å². The minimum absolute atomic E-state index is 0.0297. The van der Waals surface area contributed by atoms with Crippen molar-refractivity contribution >= 4 is 55.9 Å². The summed E-state index contributed by atoms with van der Waals surface area (Å²) in [5.41, 5.74) is 36.0. The number of benzene rings is 18. The molecule has 0 amide bonds. The molecule has 0 saturated heterocycles. The maximum absolute atomic E-state index is 5.00. The van der Waals surface area contributed by atoms with Gasteiger partial charge in [-0.25, -0.2) is 19.9 Å². The number of nitrogens with zero attached hydrogens (tertiary/aromatic N) is 10. The van der Waals surface area contributed by atoms with Crippen molar-refractivity contribution in [2.45, 2.75) is 47.0 Å². The van der Waals surface area contributed by atoms with Crippen molar-refractivity contribution in [3.63, 3.8) is 0 Å². The molecule has 0 aliphatic heterocycles. The molecule has 0 saturated carbocycles. The van der Waals surface area contributed by atoms with E-state index in [0.717, 1.165) is 84.1 Å². The summed E-state index contributed by atoms with van der Waals surface area (Å²) >= 11 is 0. The molecular formula is C126H98N10. The lowest BCUT2D eigenvalue weighted by atomic mass is 9.82. The summed E-state index contributed by atoms with van der Waals surface area (Å²) < 4.78 is 2.16. The molecule has 136 heavy (non-hydrogen) atoms. The number of anilines is 6. The quantitative estimate of drug-likeness (QED) is 0.0882. The summed E-state index contributed by atoms with van der Waals surface area (Å²) in [4.78, 5) is 38.3. The molecule has 23 rings (SSSR count). The number of hydrogen-bond donors (Lipinski definition) is 0. The fourth-order valence-electron chi connectivity index (χ4n) is 17.9. The summed E-state index contributed by atoms with van der Waals surface area (Å²) in [5, 5.41) is 2.34. The number of fused-ring (bicyclic) bond motifs is 6. The average Bonchev–Trinajstić information content (AvgIpc) is 1.58. The van der Waals surface area contributed by atoms with E-state index >= 15 is 0 Å². The lowest BCUT2D eigenvalue weighted by Gasteiger charge is -2.28. The first-order valence-corrected chi connectivity index (χ1v) is 46.1. The van der Waals surface area contributed by atoms with Gasteiger partial charge in [0.2, 0.25) is 5.95 Å². The van der Waals surface area contributed by atoms with Crippen molar-refractivity contribution in [2.24, 2.45) is 0 Å². The number of hydrogen-bond acceptors (Lipinski definition) is 9. The molecule has 0 fully saturated rings. The van der Waals surface area contributed by atoms with Gasteiger partial charge in [0.25, 0.3) is 0 Å². The lowest BCUT2D eigenvalue weighted by molar-refractivity contribution is 0.660. The number of aromatic nitrogens is 8. The first kappa shape index (κ1) is 86.6. The Morgan fingerprint density at radius 1 is 0.206 bits per heavy atom. The Kier molecular flexibility index (Phi) is 25.0. The Hall–Kier alpha value is -17.5. The second-order valence-electron chi connectivity index (χ2n) is 34.8.